The number of phenols is 1. The summed E-state index contributed by atoms with van der Waals surface area (Å²) >= 11 is 5.10. The number of hydrogen-bond donors (Lipinski definition) is 3. The first-order chi connectivity index (χ1) is 11.0. The van der Waals surface area contributed by atoms with E-state index in [0.29, 0.717) is 11.5 Å². The molecule has 0 bridgehead atoms. The molecule has 2 aromatic rings. The molecular formula is C17H17BrN2O2S. The van der Waals surface area contributed by atoms with Crippen LogP contribution in [0, 0.1) is 5.92 Å². The summed E-state index contributed by atoms with van der Waals surface area (Å²) in [6, 6.07) is 5.23. The number of benzene rings is 1. The Bertz CT molecular complexity index is 802. The molecule has 2 aliphatic rings. The van der Waals surface area contributed by atoms with Crippen LogP contribution in [0.1, 0.15) is 45.9 Å². The van der Waals surface area contributed by atoms with Crippen molar-refractivity contribution in [1.82, 2.24) is 5.32 Å². The van der Waals surface area contributed by atoms with Crippen LogP contribution in [0.25, 0.3) is 0 Å². The van der Waals surface area contributed by atoms with E-state index >= 15 is 0 Å². The number of carbonyl (C=O) groups excluding carboxylic acids is 1. The maximum atomic E-state index is 12.6. The van der Waals surface area contributed by atoms with Gasteiger partial charge in [0.2, 0.25) is 0 Å². The molecule has 0 unspecified atom stereocenters. The van der Waals surface area contributed by atoms with Gasteiger partial charge in [0, 0.05) is 14.9 Å². The standard InChI is InChI=1S/C17H17BrN2O2S/c1-8-2-4-10-13(6-8)23-17-14(10)16(22)19-15(20-17)11-7-9(18)3-5-12(11)21/h3,5,7-8,15,20-21H,2,4,6H2,1H3,(H,19,22)/t8-,15+/m0/s1. The molecule has 6 heteroatoms. The first kappa shape index (κ1) is 15.0. The van der Waals surface area contributed by atoms with Gasteiger partial charge >= 0.3 is 0 Å². The molecule has 1 aliphatic carbocycles. The van der Waals surface area contributed by atoms with Crippen LogP contribution >= 0.6 is 27.3 Å². The van der Waals surface area contributed by atoms with E-state index in [0.717, 1.165) is 34.3 Å². The van der Waals surface area contributed by atoms with Gasteiger partial charge < -0.3 is 15.7 Å². The summed E-state index contributed by atoms with van der Waals surface area (Å²) in [5, 5.41) is 17.4. The molecule has 120 valence electrons. The highest BCUT2D eigenvalue weighted by Crippen LogP contribution is 2.43. The molecule has 0 spiro atoms. The smallest absolute Gasteiger partial charge is 0.256 e. The Kier molecular flexibility index (Phi) is 3.61. The van der Waals surface area contributed by atoms with Gasteiger partial charge in [0.15, 0.2) is 0 Å². The van der Waals surface area contributed by atoms with Crippen LogP contribution in [0.3, 0.4) is 0 Å². The van der Waals surface area contributed by atoms with E-state index in [9.17, 15) is 9.90 Å². The van der Waals surface area contributed by atoms with Gasteiger partial charge in [-0.1, -0.05) is 22.9 Å². The summed E-state index contributed by atoms with van der Waals surface area (Å²) in [5.74, 6) is 0.801. The predicted molar refractivity (Wildman–Crippen MR) is 95.1 cm³/mol. The summed E-state index contributed by atoms with van der Waals surface area (Å²) in [6.45, 7) is 2.26. The van der Waals surface area contributed by atoms with E-state index in [2.05, 4.69) is 33.5 Å². The van der Waals surface area contributed by atoms with Gasteiger partial charge in [-0.05, 0) is 48.9 Å². The molecule has 3 N–H and O–H groups in total. The molecule has 0 fully saturated rings. The molecule has 0 saturated carbocycles. The van der Waals surface area contributed by atoms with Gasteiger partial charge in [-0.3, -0.25) is 4.79 Å². The minimum Gasteiger partial charge on any atom is -0.508 e. The first-order valence-electron chi connectivity index (χ1n) is 7.73. The first-order valence-corrected chi connectivity index (χ1v) is 9.34. The highest BCUT2D eigenvalue weighted by molar-refractivity contribution is 9.10. The highest BCUT2D eigenvalue weighted by atomic mass is 79.9. The van der Waals surface area contributed by atoms with Gasteiger partial charge in [-0.2, -0.15) is 0 Å². The van der Waals surface area contributed by atoms with E-state index in [1.54, 1.807) is 23.5 Å². The van der Waals surface area contributed by atoms with E-state index < -0.39 is 6.17 Å². The number of hydrogen-bond acceptors (Lipinski definition) is 4. The van der Waals surface area contributed by atoms with Crippen LogP contribution in [0.5, 0.6) is 5.75 Å². The molecule has 23 heavy (non-hydrogen) atoms. The van der Waals surface area contributed by atoms with E-state index in [1.165, 1.54) is 10.4 Å². The minimum absolute atomic E-state index is 0.0461. The number of fused-ring (bicyclic) bond motifs is 3. The molecule has 4 rings (SSSR count). The number of halogens is 1. The number of phenolic OH excluding ortho intramolecular Hbond substituents is 1. The van der Waals surface area contributed by atoms with Crippen molar-refractivity contribution in [2.75, 3.05) is 5.32 Å². The summed E-state index contributed by atoms with van der Waals surface area (Å²) in [7, 11) is 0. The van der Waals surface area contributed by atoms with Crippen molar-refractivity contribution in [3.8, 4) is 5.75 Å². The van der Waals surface area contributed by atoms with Gasteiger partial charge in [0.05, 0.1) is 5.56 Å². The van der Waals surface area contributed by atoms with Crippen LogP contribution in [0.2, 0.25) is 0 Å². The predicted octanol–water partition coefficient (Wildman–Crippen LogP) is 4.20. The average molecular weight is 393 g/mol. The van der Waals surface area contributed by atoms with Crippen molar-refractivity contribution in [3.63, 3.8) is 0 Å². The Hall–Kier alpha value is -1.53. The number of carbonyl (C=O) groups is 1. The van der Waals surface area contributed by atoms with E-state index in [-0.39, 0.29) is 11.7 Å². The molecule has 2 heterocycles. The Labute approximate surface area is 147 Å². The third-order valence-corrected chi connectivity index (χ3v) is 6.27. The van der Waals surface area contributed by atoms with Crippen molar-refractivity contribution in [1.29, 1.82) is 0 Å². The van der Waals surface area contributed by atoms with Crippen LogP contribution in [-0.2, 0) is 12.8 Å². The lowest BCUT2D eigenvalue weighted by atomic mass is 9.88. The summed E-state index contributed by atoms with van der Waals surface area (Å²) in [4.78, 5) is 14.0. The fraction of sp³-hybridized carbons (Fsp3) is 0.353. The molecule has 0 saturated heterocycles. The second-order valence-corrected chi connectivity index (χ2v) is 8.33. The van der Waals surface area contributed by atoms with Crippen LogP contribution in [0.15, 0.2) is 22.7 Å². The average Bonchev–Trinajstić information content (AvgIpc) is 2.87. The molecule has 1 aliphatic heterocycles. The number of aromatic hydroxyl groups is 1. The lowest BCUT2D eigenvalue weighted by Crippen LogP contribution is -2.38. The molecule has 1 amide bonds. The number of nitrogens with one attached hydrogen (secondary N) is 2. The monoisotopic (exact) mass is 392 g/mol. The summed E-state index contributed by atoms with van der Waals surface area (Å²) in [5.41, 5.74) is 2.69. The Balaban J connectivity index is 1.73. The second kappa shape index (κ2) is 5.53. The SMILES string of the molecule is C[C@H]1CCc2c(sc3c2C(=O)N[C@@H](c2cc(Br)ccc2O)N3)C1. The van der Waals surface area contributed by atoms with E-state index in [1.807, 2.05) is 6.07 Å². The fourth-order valence-electron chi connectivity index (χ4n) is 3.38. The lowest BCUT2D eigenvalue weighted by molar-refractivity contribution is 0.0935. The summed E-state index contributed by atoms with van der Waals surface area (Å²) < 4.78 is 0.867. The number of anilines is 1. The van der Waals surface area contributed by atoms with Crippen LogP contribution in [-0.4, -0.2) is 11.0 Å². The van der Waals surface area contributed by atoms with Crippen molar-refractivity contribution >= 4 is 38.2 Å². The molecule has 2 atom stereocenters. The normalized spacial score (nSPS) is 22.8. The highest BCUT2D eigenvalue weighted by Gasteiger charge is 2.33. The van der Waals surface area contributed by atoms with Crippen LogP contribution in [0.4, 0.5) is 5.00 Å². The van der Waals surface area contributed by atoms with Gasteiger partial charge in [-0.15, -0.1) is 11.3 Å². The molecule has 0 radical (unpaired) electrons. The van der Waals surface area contributed by atoms with Crippen molar-refractivity contribution < 1.29 is 9.90 Å². The maximum absolute atomic E-state index is 12.6. The lowest BCUT2D eigenvalue weighted by Gasteiger charge is -2.27. The zero-order valence-corrected chi connectivity index (χ0v) is 15.1. The third kappa shape index (κ3) is 2.54. The second-order valence-electron chi connectivity index (χ2n) is 6.31. The van der Waals surface area contributed by atoms with Crippen molar-refractivity contribution in [2.45, 2.75) is 32.4 Å². The molecule has 1 aromatic carbocycles. The van der Waals surface area contributed by atoms with E-state index in [4.69, 9.17) is 0 Å². The largest absolute Gasteiger partial charge is 0.508 e. The van der Waals surface area contributed by atoms with Crippen LogP contribution < -0.4 is 10.6 Å². The molecule has 1 aromatic heterocycles. The Morgan fingerprint density at radius 2 is 2.17 bits per heavy atom. The maximum Gasteiger partial charge on any atom is 0.256 e. The number of amides is 1. The van der Waals surface area contributed by atoms with Crippen molar-refractivity contribution in [2.24, 2.45) is 5.92 Å². The van der Waals surface area contributed by atoms with Gasteiger partial charge in [-0.25, -0.2) is 0 Å². The zero-order valence-electron chi connectivity index (χ0n) is 12.6. The Morgan fingerprint density at radius 3 is 3.00 bits per heavy atom. The zero-order chi connectivity index (χ0) is 16.1. The third-order valence-electron chi connectivity index (χ3n) is 4.59. The van der Waals surface area contributed by atoms with Gasteiger partial charge in [0.25, 0.3) is 5.91 Å². The fourth-order valence-corrected chi connectivity index (χ4v) is 5.19. The summed E-state index contributed by atoms with van der Waals surface area (Å²) in [6.07, 6.45) is 2.75. The molecule has 4 nitrogen and oxygen atoms in total. The Morgan fingerprint density at radius 1 is 1.35 bits per heavy atom. The topological polar surface area (TPSA) is 61.4 Å². The van der Waals surface area contributed by atoms with Crippen molar-refractivity contribution in [3.05, 3.63) is 44.2 Å². The van der Waals surface area contributed by atoms with Gasteiger partial charge in [0.1, 0.15) is 16.9 Å². The minimum atomic E-state index is -0.412. The number of rotatable bonds is 1. The molecular weight excluding hydrogens is 376 g/mol. The number of thiophene rings is 1. The quantitative estimate of drug-likeness (QED) is 0.681.